The minimum atomic E-state index is -0.892. The summed E-state index contributed by atoms with van der Waals surface area (Å²) in [5.41, 5.74) is 9.14. The number of hydroxylamine groups is 2. The summed E-state index contributed by atoms with van der Waals surface area (Å²) in [6.07, 6.45) is 13.9. The SMILES string of the molecule is O=C(CCCCCCC(=O)NO)Cc1cccc(CN[C@@H](Cc2ccccc2)C(=O)O)c1.O=C(CCCCCCC(=O)NO)Cc1cccc(CN[C@@H](Cc2ccccc2)C(=O)OC2CCCC2)c1. The van der Waals surface area contributed by atoms with Gasteiger partial charge in [-0.3, -0.25) is 39.2 Å². The first kappa shape index (κ1) is 55.5. The van der Waals surface area contributed by atoms with Crippen molar-refractivity contribution in [3.05, 3.63) is 143 Å². The lowest BCUT2D eigenvalue weighted by Gasteiger charge is -2.21. The number of hydrogen-bond donors (Lipinski definition) is 7. The quantitative estimate of drug-likeness (QED) is 0.0110. The molecule has 4 aromatic rings. The summed E-state index contributed by atoms with van der Waals surface area (Å²) >= 11 is 0. The third kappa shape index (κ3) is 23.7. The van der Waals surface area contributed by atoms with Gasteiger partial charge in [0.25, 0.3) is 0 Å². The van der Waals surface area contributed by atoms with Crippen LogP contribution in [-0.4, -0.2) is 69.0 Å². The van der Waals surface area contributed by atoms with Gasteiger partial charge in [0.15, 0.2) is 0 Å². The second kappa shape index (κ2) is 32.6. The number of Topliss-reactive ketones (excluding diaryl/α,β-unsaturated/α-hetero) is 2. The number of hydrogen-bond acceptors (Lipinski definition) is 11. The fraction of sp³-hybridized carbons (Fsp3) is 0.455. The molecule has 0 bridgehead atoms. The van der Waals surface area contributed by atoms with E-state index in [0.29, 0.717) is 77.3 Å². The van der Waals surface area contributed by atoms with E-state index in [2.05, 4.69) is 10.6 Å². The van der Waals surface area contributed by atoms with E-state index in [0.717, 1.165) is 97.6 Å². The van der Waals surface area contributed by atoms with Gasteiger partial charge in [0, 0.05) is 51.6 Å². The third-order valence-corrected chi connectivity index (χ3v) is 12.1. The van der Waals surface area contributed by atoms with Gasteiger partial charge >= 0.3 is 11.9 Å². The Balaban J connectivity index is 0.000000304. The highest BCUT2D eigenvalue weighted by molar-refractivity contribution is 5.81. The second-order valence-electron chi connectivity index (χ2n) is 17.9. The molecule has 7 N–H and O–H groups in total. The summed E-state index contributed by atoms with van der Waals surface area (Å²) in [7, 11) is 0. The molecule has 0 saturated heterocycles. The second-order valence-corrected chi connectivity index (χ2v) is 17.9. The van der Waals surface area contributed by atoms with E-state index in [4.69, 9.17) is 15.2 Å². The number of esters is 1. The molecule has 2 amide bonds. The highest BCUT2D eigenvalue weighted by Crippen LogP contribution is 2.22. The largest absolute Gasteiger partial charge is 0.480 e. The average molecular weight is 949 g/mol. The standard InChI is InChI=1S/C30H40N2O5.C25H32N2O5/c33-26(15-6-1-2-7-18-29(34)32-36)20-24-13-10-14-25(19-24)22-31-28(21-23-11-4-3-5-12-23)30(35)37-27-16-8-9-17-27;28-22(13-6-1-2-7-14-24(29)27-32)16-20-11-8-12-21(15-20)18-26-23(25(30)31)17-19-9-4-3-5-10-19/h3-5,10-14,19,27-28,31,36H,1-2,6-9,15-18,20-22H2,(H,32,34);3-5,8-12,15,23,26,32H,1-2,6-7,13-14,16-18H2,(H,27,29)(H,30,31)/t28-;23-/m00/s1. The molecule has 1 aliphatic rings. The Morgan fingerprint density at radius 3 is 1.32 bits per heavy atom. The van der Waals surface area contributed by atoms with Crippen molar-refractivity contribution in [1.29, 1.82) is 0 Å². The summed E-state index contributed by atoms with van der Waals surface area (Å²) in [6, 6.07) is 34.0. The van der Waals surface area contributed by atoms with E-state index in [-0.39, 0.29) is 35.5 Å². The molecular weight excluding hydrogens is 877 g/mol. The maximum absolute atomic E-state index is 13.0. The van der Waals surface area contributed by atoms with Crippen molar-refractivity contribution in [1.82, 2.24) is 21.6 Å². The molecule has 0 radical (unpaired) electrons. The Morgan fingerprint density at radius 1 is 0.493 bits per heavy atom. The fourth-order valence-electron chi connectivity index (χ4n) is 8.29. The number of carboxylic acid groups (broad SMARTS) is 1. The lowest BCUT2D eigenvalue weighted by molar-refractivity contribution is -0.151. The highest BCUT2D eigenvalue weighted by Gasteiger charge is 2.26. The van der Waals surface area contributed by atoms with Gasteiger partial charge in [-0.05, 0) is 97.6 Å². The first-order valence-corrected chi connectivity index (χ1v) is 24.5. The third-order valence-electron chi connectivity index (χ3n) is 12.1. The molecule has 1 saturated carbocycles. The molecule has 14 nitrogen and oxygen atoms in total. The minimum absolute atomic E-state index is 0.0296. The molecule has 0 aliphatic heterocycles. The molecule has 2 atom stereocenters. The first-order valence-electron chi connectivity index (χ1n) is 24.5. The van der Waals surface area contributed by atoms with Crippen LogP contribution in [0.4, 0.5) is 0 Å². The smallest absolute Gasteiger partial charge is 0.323 e. The molecule has 372 valence electrons. The Labute approximate surface area is 406 Å². The zero-order valence-corrected chi connectivity index (χ0v) is 39.9. The van der Waals surface area contributed by atoms with Crippen LogP contribution in [0.5, 0.6) is 0 Å². The number of carbonyl (C=O) groups is 6. The number of amides is 2. The predicted molar refractivity (Wildman–Crippen MR) is 263 cm³/mol. The van der Waals surface area contributed by atoms with Gasteiger partial charge in [-0.25, -0.2) is 11.0 Å². The summed E-state index contributed by atoms with van der Waals surface area (Å²) in [5.74, 6) is -1.49. The Morgan fingerprint density at radius 2 is 0.884 bits per heavy atom. The van der Waals surface area contributed by atoms with Gasteiger partial charge < -0.3 is 20.5 Å². The molecule has 14 heteroatoms. The highest BCUT2D eigenvalue weighted by atomic mass is 16.5. The van der Waals surface area contributed by atoms with E-state index in [1.807, 2.05) is 109 Å². The molecular formula is C55H72N4O10. The van der Waals surface area contributed by atoms with Gasteiger partial charge in [-0.2, -0.15) is 0 Å². The number of rotatable bonds is 31. The fourth-order valence-corrected chi connectivity index (χ4v) is 8.29. The van der Waals surface area contributed by atoms with Gasteiger partial charge in [0.05, 0.1) is 0 Å². The Hall–Kier alpha value is -6.06. The number of ketones is 2. The van der Waals surface area contributed by atoms with E-state index in [1.54, 1.807) is 11.0 Å². The van der Waals surface area contributed by atoms with Crippen molar-refractivity contribution in [2.24, 2.45) is 0 Å². The monoisotopic (exact) mass is 949 g/mol. The molecule has 0 heterocycles. The van der Waals surface area contributed by atoms with Crippen molar-refractivity contribution < 1.29 is 49.0 Å². The summed E-state index contributed by atoms with van der Waals surface area (Å²) in [5, 5.41) is 33.0. The van der Waals surface area contributed by atoms with Crippen molar-refractivity contribution in [3.8, 4) is 0 Å². The maximum atomic E-state index is 13.0. The first-order chi connectivity index (χ1) is 33.5. The van der Waals surface area contributed by atoms with Crippen LogP contribution in [0.15, 0.2) is 109 Å². The molecule has 5 rings (SSSR count). The summed E-state index contributed by atoms with van der Waals surface area (Å²) in [4.78, 5) is 71.3. The maximum Gasteiger partial charge on any atom is 0.323 e. The Kier molecular flexibility index (Phi) is 26.3. The van der Waals surface area contributed by atoms with Gasteiger partial charge in [0.1, 0.15) is 29.8 Å². The summed E-state index contributed by atoms with van der Waals surface area (Å²) in [6.45, 7) is 0.925. The number of carboxylic acids is 1. The number of benzene rings is 4. The van der Waals surface area contributed by atoms with Crippen LogP contribution in [0.25, 0.3) is 0 Å². The lowest BCUT2D eigenvalue weighted by Crippen LogP contribution is -2.40. The minimum Gasteiger partial charge on any atom is -0.480 e. The number of nitrogens with one attached hydrogen (secondary N) is 4. The van der Waals surface area contributed by atoms with Crippen molar-refractivity contribution in [2.75, 3.05) is 0 Å². The van der Waals surface area contributed by atoms with Crippen LogP contribution in [0.2, 0.25) is 0 Å². The van der Waals surface area contributed by atoms with Crippen molar-refractivity contribution >= 4 is 35.3 Å². The van der Waals surface area contributed by atoms with Crippen LogP contribution in [0.3, 0.4) is 0 Å². The topological polar surface area (TPSA) is 220 Å². The molecule has 0 aromatic heterocycles. The average Bonchev–Trinajstić information content (AvgIpc) is 3.87. The van der Waals surface area contributed by atoms with E-state index in [1.165, 1.54) is 0 Å². The van der Waals surface area contributed by atoms with Gasteiger partial charge in [0.2, 0.25) is 11.8 Å². The van der Waals surface area contributed by atoms with Crippen LogP contribution in [0.1, 0.15) is 136 Å². The van der Waals surface area contributed by atoms with Crippen molar-refractivity contribution in [3.63, 3.8) is 0 Å². The molecule has 0 unspecified atom stereocenters. The number of unbranched alkanes of at least 4 members (excludes halogenated alkanes) is 6. The predicted octanol–water partition coefficient (Wildman–Crippen LogP) is 8.26. The zero-order chi connectivity index (χ0) is 49.5. The van der Waals surface area contributed by atoms with E-state index >= 15 is 0 Å². The lowest BCUT2D eigenvalue weighted by atomic mass is 10.0. The van der Waals surface area contributed by atoms with Gasteiger partial charge in [-0.15, -0.1) is 0 Å². The van der Waals surface area contributed by atoms with Crippen LogP contribution in [0, 0.1) is 0 Å². The van der Waals surface area contributed by atoms with E-state index < -0.39 is 18.1 Å². The Bertz CT molecular complexity index is 2160. The van der Waals surface area contributed by atoms with Crippen LogP contribution >= 0.6 is 0 Å². The normalized spacial score (nSPS) is 13.1. The molecule has 69 heavy (non-hydrogen) atoms. The summed E-state index contributed by atoms with van der Waals surface area (Å²) < 4.78 is 5.81. The zero-order valence-electron chi connectivity index (χ0n) is 39.9. The molecule has 4 aromatic carbocycles. The number of ether oxygens (including phenoxy) is 1. The molecule has 0 spiro atoms. The number of aliphatic carboxylic acids is 1. The molecule has 1 aliphatic carbocycles. The van der Waals surface area contributed by atoms with Crippen LogP contribution in [-0.2, 0) is 72.3 Å². The molecule has 1 fully saturated rings. The van der Waals surface area contributed by atoms with Crippen LogP contribution < -0.4 is 21.6 Å². The number of carbonyl (C=O) groups excluding carboxylic acids is 5. The van der Waals surface area contributed by atoms with E-state index in [9.17, 15) is 33.9 Å². The van der Waals surface area contributed by atoms with Crippen molar-refractivity contribution in [2.45, 2.75) is 160 Å². The van der Waals surface area contributed by atoms with Gasteiger partial charge in [-0.1, -0.05) is 135 Å².